The van der Waals surface area contributed by atoms with Crippen molar-refractivity contribution in [3.05, 3.63) is 0 Å². The molecule has 0 aromatic rings. The number of amides is 1. The van der Waals surface area contributed by atoms with Crippen molar-refractivity contribution < 1.29 is 14.7 Å². The Balaban J connectivity index is 2.63. The first-order chi connectivity index (χ1) is 6.02. The standard InChI is InChI=1S/C9H15NO3/c1-5(2)6-3-7(9(12)13)8(11)10-4-6/h5-7H,3-4H2,1-2H3,(H,10,11)(H,12,13)/t6-,7-/m1/s1. The molecule has 4 heteroatoms. The van der Waals surface area contributed by atoms with Gasteiger partial charge in [-0.25, -0.2) is 0 Å². The van der Waals surface area contributed by atoms with Gasteiger partial charge in [-0.05, 0) is 18.3 Å². The summed E-state index contributed by atoms with van der Waals surface area (Å²) in [7, 11) is 0. The van der Waals surface area contributed by atoms with Gasteiger partial charge in [-0.1, -0.05) is 13.8 Å². The van der Waals surface area contributed by atoms with Crippen LogP contribution in [0.2, 0.25) is 0 Å². The van der Waals surface area contributed by atoms with Gasteiger partial charge in [0, 0.05) is 6.54 Å². The number of nitrogens with one attached hydrogen (secondary N) is 1. The molecule has 0 spiro atoms. The summed E-state index contributed by atoms with van der Waals surface area (Å²) in [4.78, 5) is 21.8. The Kier molecular flexibility index (Phi) is 2.90. The van der Waals surface area contributed by atoms with E-state index >= 15 is 0 Å². The van der Waals surface area contributed by atoms with Crippen LogP contribution in [0.5, 0.6) is 0 Å². The minimum atomic E-state index is -1.01. The fourth-order valence-electron chi connectivity index (χ4n) is 1.57. The molecule has 0 bridgehead atoms. The number of carboxylic acid groups (broad SMARTS) is 1. The summed E-state index contributed by atoms with van der Waals surface area (Å²) in [5.74, 6) is -1.49. The van der Waals surface area contributed by atoms with Gasteiger partial charge in [0.2, 0.25) is 5.91 Å². The highest BCUT2D eigenvalue weighted by Crippen LogP contribution is 2.23. The molecule has 4 nitrogen and oxygen atoms in total. The van der Waals surface area contributed by atoms with Crippen LogP contribution >= 0.6 is 0 Å². The molecule has 0 radical (unpaired) electrons. The number of piperidine rings is 1. The second kappa shape index (κ2) is 3.77. The average Bonchev–Trinajstić information content (AvgIpc) is 2.04. The molecule has 0 unspecified atom stereocenters. The van der Waals surface area contributed by atoms with Crippen LogP contribution in [0.1, 0.15) is 20.3 Å². The molecule has 1 saturated heterocycles. The van der Waals surface area contributed by atoms with E-state index in [0.29, 0.717) is 24.8 Å². The number of carbonyl (C=O) groups excluding carboxylic acids is 1. The average molecular weight is 185 g/mol. The molecule has 13 heavy (non-hydrogen) atoms. The number of hydrogen-bond acceptors (Lipinski definition) is 2. The predicted octanol–water partition coefficient (Wildman–Crippen LogP) is 0.479. The summed E-state index contributed by atoms with van der Waals surface area (Å²) in [6.07, 6.45) is 0.471. The molecule has 2 N–H and O–H groups in total. The molecule has 1 fully saturated rings. The van der Waals surface area contributed by atoms with Crippen LogP contribution in [0, 0.1) is 17.8 Å². The van der Waals surface area contributed by atoms with Crippen molar-refractivity contribution in [3.63, 3.8) is 0 Å². The Morgan fingerprint density at radius 3 is 2.69 bits per heavy atom. The van der Waals surface area contributed by atoms with Crippen molar-refractivity contribution in [3.8, 4) is 0 Å². The number of aliphatic carboxylic acids is 1. The molecule has 74 valence electrons. The highest BCUT2D eigenvalue weighted by Gasteiger charge is 2.34. The van der Waals surface area contributed by atoms with Crippen LogP contribution in [0.15, 0.2) is 0 Å². The highest BCUT2D eigenvalue weighted by molar-refractivity contribution is 5.97. The first kappa shape index (κ1) is 10.0. The molecule has 0 saturated carbocycles. The van der Waals surface area contributed by atoms with Crippen molar-refractivity contribution in [1.82, 2.24) is 5.32 Å². The van der Waals surface area contributed by atoms with Gasteiger partial charge in [0.1, 0.15) is 5.92 Å². The Hall–Kier alpha value is -1.06. The third-order valence-electron chi connectivity index (χ3n) is 2.63. The largest absolute Gasteiger partial charge is 0.481 e. The number of hydrogen-bond donors (Lipinski definition) is 2. The molecule has 1 rings (SSSR count). The van der Waals surface area contributed by atoms with E-state index in [1.165, 1.54) is 0 Å². The van der Waals surface area contributed by atoms with Gasteiger partial charge in [0.25, 0.3) is 0 Å². The van der Waals surface area contributed by atoms with Crippen LogP contribution in [-0.4, -0.2) is 23.5 Å². The lowest BCUT2D eigenvalue weighted by atomic mass is 9.83. The topological polar surface area (TPSA) is 66.4 Å². The zero-order valence-electron chi connectivity index (χ0n) is 7.91. The van der Waals surface area contributed by atoms with E-state index in [4.69, 9.17) is 5.11 Å². The van der Waals surface area contributed by atoms with Crippen LogP contribution in [0.4, 0.5) is 0 Å². The highest BCUT2D eigenvalue weighted by atomic mass is 16.4. The van der Waals surface area contributed by atoms with Gasteiger partial charge in [-0.15, -0.1) is 0 Å². The molecule has 0 aromatic heterocycles. The van der Waals surface area contributed by atoms with Crippen molar-refractivity contribution >= 4 is 11.9 Å². The summed E-state index contributed by atoms with van der Waals surface area (Å²) >= 11 is 0. The summed E-state index contributed by atoms with van der Waals surface area (Å²) in [5, 5.41) is 11.4. The number of carboxylic acids is 1. The number of rotatable bonds is 2. The van der Waals surface area contributed by atoms with E-state index < -0.39 is 11.9 Å². The van der Waals surface area contributed by atoms with Crippen LogP contribution in [-0.2, 0) is 9.59 Å². The molecule has 1 heterocycles. The Morgan fingerprint density at radius 2 is 2.23 bits per heavy atom. The number of carbonyl (C=O) groups is 2. The van der Waals surface area contributed by atoms with Gasteiger partial charge >= 0.3 is 5.97 Å². The SMILES string of the molecule is CC(C)[C@H]1CNC(=O)[C@H](C(=O)O)C1. The van der Waals surface area contributed by atoms with Gasteiger partial charge in [0.05, 0.1) is 0 Å². The van der Waals surface area contributed by atoms with E-state index in [-0.39, 0.29) is 5.91 Å². The Labute approximate surface area is 77.3 Å². The zero-order chi connectivity index (χ0) is 10.0. The zero-order valence-corrected chi connectivity index (χ0v) is 7.91. The van der Waals surface area contributed by atoms with Crippen molar-refractivity contribution in [2.24, 2.45) is 17.8 Å². The Morgan fingerprint density at radius 1 is 1.62 bits per heavy atom. The maximum atomic E-state index is 11.1. The molecule has 2 atom stereocenters. The molecule has 1 aliphatic rings. The van der Waals surface area contributed by atoms with Crippen LogP contribution < -0.4 is 5.32 Å². The van der Waals surface area contributed by atoms with Gasteiger partial charge < -0.3 is 10.4 Å². The lowest BCUT2D eigenvalue weighted by Gasteiger charge is -2.29. The van der Waals surface area contributed by atoms with E-state index in [1.807, 2.05) is 13.8 Å². The first-order valence-electron chi connectivity index (χ1n) is 4.53. The third kappa shape index (κ3) is 2.20. The summed E-state index contributed by atoms with van der Waals surface area (Å²) in [6, 6.07) is 0. The molecular weight excluding hydrogens is 170 g/mol. The minimum absolute atomic E-state index is 0.291. The van der Waals surface area contributed by atoms with Gasteiger partial charge in [-0.3, -0.25) is 9.59 Å². The lowest BCUT2D eigenvalue weighted by Crippen LogP contribution is -2.46. The maximum Gasteiger partial charge on any atom is 0.316 e. The summed E-state index contributed by atoms with van der Waals surface area (Å²) < 4.78 is 0. The van der Waals surface area contributed by atoms with Crippen LogP contribution in [0.3, 0.4) is 0 Å². The Bertz CT molecular complexity index is 225. The minimum Gasteiger partial charge on any atom is -0.481 e. The fourth-order valence-corrected chi connectivity index (χ4v) is 1.57. The predicted molar refractivity (Wildman–Crippen MR) is 47.1 cm³/mol. The van der Waals surface area contributed by atoms with Crippen LogP contribution in [0.25, 0.3) is 0 Å². The van der Waals surface area contributed by atoms with E-state index in [1.54, 1.807) is 0 Å². The van der Waals surface area contributed by atoms with E-state index in [2.05, 4.69) is 5.32 Å². The summed E-state index contributed by atoms with van der Waals surface area (Å²) in [5.41, 5.74) is 0. The van der Waals surface area contributed by atoms with Crippen molar-refractivity contribution in [1.29, 1.82) is 0 Å². The van der Waals surface area contributed by atoms with Gasteiger partial charge in [-0.2, -0.15) is 0 Å². The monoisotopic (exact) mass is 185 g/mol. The summed E-state index contributed by atoms with van der Waals surface area (Å²) in [6.45, 7) is 4.70. The van der Waals surface area contributed by atoms with Crippen molar-refractivity contribution in [2.45, 2.75) is 20.3 Å². The van der Waals surface area contributed by atoms with E-state index in [9.17, 15) is 9.59 Å². The fraction of sp³-hybridized carbons (Fsp3) is 0.778. The lowest BCUT2D eigenvalue weighted by molar-refractivity contribution is -0.149. The van der Waals surface area contributed by atoms with Crippen molar-refractivity contribution in [2.75, 3.05) is 6.54 Å². The smallest absolute Gasteiger partial charge is 0.316 e. The first-order valence-corrected chi connectivity index (χ1v) is 4.53. The maximum absolute atomic E-state index is 11.1. The molecule has 0 aromatic carbocycles. The quantitative estimate of drug-likeness (QED) is 0.615. The second-order valence-corrected chi connectivity index (χ2v) is 3.88. The third-order valence-corrected chi connectivity index (χ3v) is 2.63. The molecule has 1 aliphatic heterocycles. The molecule has 0 aliphatic carbocycles. The van der Waals surface area contributed by atoms with E-state index in [0.717, 1.165) is 0 Å². The normalized spacial score (nSPS) is 28.7. The molecular formula is C9H15NO3. The second-order valence-electron chi connectivity index (χ2n) is 3.88. The van der Waals surface area contributed by atoms with Gasteiger partial charge in [0.15, 0.2) is 0 Å². The molecule has 1 amide bonds.